The molecule has 2 rings (SSSR count). The molecule has 23 heavy (non-hydrogen) atoms. The average molecular weight is 378 g/mol. The van der Waals surface area contributed by atoms with Crippen LogP contribution in [0, 0.1) is 16.7 Å². The highest BCUT2D eigenvalue weighted by Crippen LogP contribution is 2.51. The van der Waals surface area contributed by atoms with Gasteiger partial charge in [-0.25, -0.2) is 0 Å². The number of hydrogen-bond acceptors (Lipinski definition) is 1. The second-order valence-electron chi connectivity index (χ2n) is 7.50. The van der Waals surface area contributed by atoms with Crippen LogP contribution >= 0.6 is 15.9 Å². The predicted molar refractivity (Wildman–Crippen MR) is 100 cm³/mol. The molecule has 2 atom stereocenters. The lowest BCUT2D eigenvalue weighted by atomic mass is 9.55. The van der Waals surface area contributed by atoms with Gasteiger partial charge >= 0.3 is 0 Å². The van der Waals surface area contributed by atoms with E-state index in [0.29, 0.717) is 6.42 Å². The van der Waals surface area contributed by atoms with Gasteiger partial charge in [0.2, 0.25) is 5.91 Å². The Morgan fingerprint density at radius 2 is 1.96 bits per heavy atom. The van der Waals surface area contributed by atoms with Gasteiger partial charge in [0.05, 0.1) is 5.41 Å². The summed E-state index contributed by atoms with van der Waals surface area (Å²) in [7, 11) is 0. The highest BCUT2D eigenvalue weighted by molar-refractivity contribution is 9.10. The summed E-state index contributed by atoms with van der Waals surface area (Å²) in [6.45, 7) is 6.75. The molecule has 1 aromatic carbocycles. The lowest BCUT2D eigenvalue weighted by Crippen LogP contribution is -2.50. The van der Waals surface area contributed by atoms with E-state index in [2.05, 4.69) is 61.0 Å². The van der Waals surface area contributed by atoms with Gasteiger partial charge in [0.15, 0.2) is 0 Å². The van der Waals surface area contributed by atoms with Crippen LogP contribution in [0.15, 0.2) is 40.9 Å². The van der Waals surface area contributed by atoms with Crippen molar-refractivity contribution in [2.45, 2.75) is 52.9 Å². The summed E-state index contributed by atoms with van der Waals surface area (Å²) in [5.74, 6) is 0.0895. The van der Waals surface area contributed by atoms with E-state index in [1.165, 1.54) is 0 Å². The van der Waals surface area contributed by atoms with Crippen LogP contribution in [0.3, 0.4) is 0 Å². The molecule has 0 heterocycles. The fraction of sp³-hybridized carbons (Fsp3) is 0.550. The van der Waals surface area contributed by atoms with E-state index in [9.17, 15) is 4.79 Å². The topological polar surface area (TPSA) is 43.1 Å². The lowest BCUT2D eigenvalue weighted by molar-refractivity contribution is -0.131. The molecule has 0 saturated carbocycles. The minimum absolute atomic E-state index is 0.0916. The van der Waals surface area contributed by atoms with E-state index in [1.54, 1.807) is 0 Å². The Balaban J connectivity index is 2.42. The molecule has 3 heteroatoms. The van der Waals surface area contributed by atoms with E-state index in [4.69, 9.17) is 5.73 Å². The van der Waals surface area contributed by atoms with Gasteiger partial charge in [-0.1, -0.05) is 73.8 Å². The van der Waals surface area contributed by atoms with Crippen LogP contribution in [-0.2, 0) is 11.2 Å². The molecule has 1 aliphatic carbocycles. The molecule has 2 unspecified atom stereocenters. The standard InChI is InChI=1S/C20H28BrNO/c1-4-5-7-17-19(2,3)12-6-13-20(17,18(22)23)14-15-8-10-16(21)11-9-15/h6,8-11,13,17H,4-5,7,12,14H2,1-3H3,(H2,22,23). The first-order valence-electron chi connectivity index (χ1n) is 8.54. The minimum Gasteiger partial charge on any atom is -0.369 e. The fourth-order valence-electron chi connectivity index (χ4n) is 4.05. The van der Waals surface area contributed by atoms with Crippen molar-refractivity contribution in [2.75, 3.05) is 0 Å². The number of nitrogens with two attached hydrogens (primary N) is 1. The summed E-state index contributed by atoms with van der Waals surface area (Å²) in [5, 5.41) is 0. The third kappa shape index (κ3) is 3.88. The maximum atomic E-state index is 12.6. The van der Waals surface area contributed by atoms with E-state index >= 15 is 0 Å². The molecular weight excluding hydrogens is 350 g/mol. The van der Waals surface area contributed by atoms with Crippen LogP contribution in [0.1, 0.15) is 52.0 Å². The van der Waals surface area contributed by atoms with Crippen molar-refractivity contribution in [3.63, 3.8) is 0 Å². The van der Waals surface area contributed by atoms with E-state index in [0.717, 1.165) is 35.7 Å². The van der Waals surface area contributed by atoms with Gasteiger partial charge in [-0.15, -0.1) is 0 Å². The average Bonchev–Trinajstić information content (AvgIpc) is 2.48. The first-order chi connectivity index (χ1) is 10.8. The molecule has 0 fully saturated rings. The van der Waals surface area contributed by atoms with Gasteiger partial charge in [-0.2, -0.15) is 0 Å². The second-order valence-corrected chi connectivity index (χ2v) is 8.41. The Kier molecular flexibility index (Phi) is 5.72. The van der Waals surface area contributed by atoms with Crippen molar-refractivity contribution < 1.29 is 4.79 Å². The van der Waals surface area contributed by atoms with Gasteiger partial charge in [0.1, 0.15) is 0 Å². The SMILES string of the molecule is CCCCC1C(C)(C)CC=CC1(Cc1ccc(Br)cc1)C(N)=O. The first kappa shape index (κ1) is 18.3. The van der Waals surface area contributed by atoms with Gasteiger partial charge < -0.3 is 5.73 Å². The number of primary amides is 1. The minimum atomic E-state index is -0.579. The molecule has 1 aromatic rings. The smallest absolute Gasteiger partial charge is 0.228 e. The zero-order valence-electron chi connectivity index (χ0n) is 14.4. The number of benzene rings is 1. The summed E-state index contributed by atoms with van der Waals surface area (Å²) in [6, 6.07) is 8.23. The maximum absolute atomic E-state index is 12.6. The van der Waals surface area contributed by atoms with Gasteiger partial charge in [0, 0.05) is 4.47 Å². The monoisotopic (exact) mass is 377 g/mol. The summed E-state index contributed by atoms with van der Waals surface area (Å²) in [4.78, 5) is 12.6. The molecule has 0 bridgehead atoms. The Morgan fingerprint density at radius 3 is 2.52 bits per heavy atom. The zero-order chi connectivity index (χ0) is 17.1. The number of rotatable bonds is 6. The quantitative estimate of drug-likeness (QED) is 0.675. The van der Waals surface area contributed by atoms with Crippen LogP contribution in [0.25, 0.3) is 0 Å². The fourth-order valence-corrected chi connectivity index (χ4v) is 4.31. The number of hydrogen-bond donors (Lipinski definition) is 1. The number of carbonyl (C=O) groups is 1. The molecule has 2 nitrogen and oxygen atoms in total. The normalized spacial score (nSPS) is 26.2. The number of allylic oxidation sites excluding steroid dienone is 1. The van der Waals surface area contributed by atoms with E-state index in [-0.39, 0.29) is 17.2 Å². The number of amides is 1. The molecule has 126 valence electrons. The molecule has 1 amide bonds. The Labute approximate surface area is 148 Å². The third-order valence-electron chi connectivity index (χ3n) is 5.34. The molecule has 1 aliphatic rings. The molecule has 0 aliphatic heterocycles. The third-order valence-corrected chi connectivity index (χ3v) is 5.87. The highest BCUT2D eigenvalue weighted by Gasteiger charge is 2.50. The van der Waals surface area contributed by atoms with E-state index < -0.39 is 5.41 Å². The van der Waals surface area contributed by atoms with E-state index in [1.807, 2.05) is 12.1 Å². The van der Waals surface area contributed by atoms with Crippen molar-refractivity contribution in [1.29, 1.82) is 0 Å². The van der Waals surface area contributed by atoms with Crippen molar-refractivity contribution in [3.8, 4) is 0 Å². The summed E-state index contributed by atoms with van der Waals surface area (Å²) in [5.41, 5.74) is 6.64. The van der Waals surface area contributed by atoms with Crippen LogP contribution in [0.2, 0.25) is 0 Å². The first-order valence-corrected chi connectivity index (χ1v) is 9.33. The Morgan fingerprint density at radius 1 is 1.30 bits per heavy atom. The largest absolute Gasteiger partial charge is 0.369 e. The summed E-state index contributed by atoms with van der Waals surface area (Å²) < 4.78 is 1.05. The number of carbonyl (C=O) groups excluding carboxylic acids is 1. The van der Waals surface area contributed by atoms with Gasteiger partial charge in [0.25, 0.3) is 0 Å². The van der Waals surface area contributed by atoms with Crippen LogP contribution in [-0.4, -0.2) is 5.91 Å². The van der Waals surface area contributed by atoms with Crippen molar-refractivity contribution in [2.24, 2.45) is 22.5 Å². The maximum Gasteiger partial charge on any atom is 0.228 e. The lowest BCUT2D eigenvalue weighted by Gasteiger charge is -2.48. The molecule has 0 spiro atoms. The molecular formula is C20H28BrNO. The zero-order valence-corrected chi connectivity index (χ0v) is 16.0. The second kappa shape index (κ2) is 7.21. The number of halogens is 1. The Bertz CT molecular complexity index is 576. The Hall–Kier alpha value is -1.09. The highest BCUT2D eigenvalue weighted by atomic mass is 79.9. The van der Waals surface area contributed by atoms with Crippen LogP contribution < -0.4 is 5.73 Å². The molecule has 0 saturated heterocycles. The predicted octanol–water partition coefficient (Wildman–Crippen LogP) is 5.26. The van der Waals surface area contributed by atoms with Crippen LogP contribution in [0.4, 0.5) is 0 Å². The number of unbranched alkanes of at least 4 members (excludes halogenated alkanes) is 1. The summed E-state index contributed by atoms with van der Waals surface area (Å²) >= 11 is 3.47. The summed E-state index contributed by atoms with van der Waals surface area (Å²) in [6.07, 6.45) is 9.28. The van der Waals surface area contributed by atoms with Crippen molar-refractivity contribution in [3.05, 3.63) is 46.5 Å². The molecule has 0 radical (unpaired) electrons. The molecule has 2 N–H and O–H groups in total. The molecule has 0 aromatic heterocycles. The van der Waals surface area contributed by atoms with Crippen LogP contribution in [0.5, 0.6) is 0 Å². The van der Waals surface area contributed by atoms with Crippen molar-refractivity contribution >= 4 is 21.8 Å². The van der Waals surface area contributed by atoms with Gasteiger partial charge in [-0.3, -0.25) is 4.79 Å². The van der Waals surface area contributed by atoms with Gasteiger partial charge in [-0.05, 0) is 48.3 Å². The van der Waals surface area contributed by atoms with Crippen molar-refractivity contribution in [1.82, 2.24) is 0 Å².